The quantitative estimate of drug-likeness (QED) is 0.798. The number of anilines is 1. The molecule has 0 saturated carbocycles. The fourth-order valence-corrected chi connectivity index (χ4v) is 3.46. The Balaban J connectivity index is 1.79. The molecule has 7 heteroatoms. The first-order valence-electron chi connectivity index (χ1n) is 6.67. The number of rotatable bonds is 4. The monoisotopic (exact) mass is 331 g/mol. The van der Waals surface area contributed by atoms with Gasteiger partial charge in [-0.1, -0.05) is 0 Å². The van der Waals surface area contributed by atoms with Gasteiger partial charge in [0.1, 0.15) is 10.7 Å². The molecule has 1 N–H and O–H groups in total. The van der Waals surface area contributed by atoms with Gasteiger partial charge >= 0.3 is 0 Å². The van der Waals surface area contributed by atoms with E-state index in [9.17, 15) is 9.59 Å². The Morgan fingerprint density at radius 2 is 2.18 bits per heavy atom. The van der Waals surface area contributed by atoms with Crippen LogP contribution in [0.25, 0.3) is 10.6 Å². The van der Waals surface area contributed by atoms with Crippen molar-refractivity contribution in [2.24, 2.45) is 0 Å². The smallest absolute Gasteiger partial charge is 0.275 e. The van der Waals surface area contributed by atoms with Gasteiger partial charge in [-0.25, -0.2) is 4.98 Å². The van der Waals surface area contributed by atoms with Crippen molar-refractivity contribution in [1.29, 1.82) is 0 Å². The number of thiazole rings is 1. The number of carbonyl (C=O) groups is 1. The summed E-state index contributed by atoms with van der Waals surface area (Å²) in [6.45, 7) is 2.43. The summed E-state index contributed by atoms with van der Waals surface area (Å²) in [5.74, 6) is -0.279. The molecular weight excluding hydrogens is 318 g/mol. The van der Waals surface area contributed by atoms with Gasteiger partial charge in [-0.3, -0.25) is 9.59 Å². The van der Waals surface area contributed by atoms with Crippen molar-refractivity contribution in [2.45, 2.75) is 13.5 Å². The number of nitrogens with zero attached hydrogens (tertiary/aromatic N) is 2. The predicted molar refractivity (Wildman–Crippen MR) is 89.8 cm³/mol. The molecule has 5 nitrogen and oxygen atoms in total. The van der Waals surface area contributed by atoms with E-state index in [1.54, 1.807) is 29.0 Å². The van der Waals surface area contributed by atoms with Crippen LogP contribution in [0.3, 0.4) is 0 Å². The molecule has 22 heavy (non-hydrogen) atoms. The number of hydrogen-bond acceptors (Lipinski definition) is 5. The first-order valence-corrected chi connectivity index (χ1v) is 8.49. The summed E-state index contributed by atoms with van der Waals surface area (Å²) in [7, 11) is 0. The molecule has 1 amide bonds. The molecule has 0 radical (unpaired) electrons. The molecule has 0 atom stereocenters. The van der Waals surface area contributed by atoms with E-state index in [4.69, 9.17) is 0 Å². The number of carbonyl (C=O) groups excluding carboxylic acids is 1. The number of thiophene rings is 1. The minimum atomic E-state index is -0.279. The summed E-state index contributed by atoms with van der Waals surface area (Å²) < 4.78 is 1.54. The van der Waals surface area contributed by atoms with Gasteiger partial charge in [0.2, 0.25) is 0 Å². The lowest BCUT2D eigenvalue weighted by Crippen LogP contribution is -2.19. The Labute approximate surface area is 134 Å². The van der Waals surface area contributed by atoms with Crippen LogP contribution in [0.2, 0.25) is 0 Å². The molecule has 0 bridgehead atoms. The second kappa shape index (κ2) is 6.25. The number of nitrogens with one attached hydrogen (secondary N) is 1. The fourth-order valence-electron chi connectivity index (χ4n) is 1.94. The second-order valence-electron chi connectivity index (χ2n) is 4.55. The van der Waals surface area contributed by atoms with Crippen LogP contribution in [0.4, 0.5) is 5.69 Å². The lowest BCUT2D eigenvalue weighted by atomic mass is 10.3. The van der Waals surface area contributed by atoms with Gasteiger partial charge in [-0.15, -0.1) is 11.3 Å². The zero-order valence-electron chi connectivity index (χ0n) is 11.8. The first-order chi connectivity index (χ1) is 10.7. The lowest BCUT2D eigenvalue weighted by molar-refractivity contribution is 0.102. The SMILES string of the molecule is CCn1cc(NC(=O)c2csc(-c3ccsc3)n2)ccc1=O. The Morgan fingerprint density at radius 3 is 2.91 bits per heavy atom. The third-order valence-corrected chi connectivity index (χ3v) is 4.66. The van der Waals surface area contributed by atoms with Gasteiger partial charge < -0.3 is 9.88 Å². The largest absolute Gasteiger partial charge is 0.319 e. The molecule has 3 aromatic rings. The number of hydrogen-bond donors (Lipinski definition) is 1. The third kappa shape index (κ3) is 3.00. The van der Waals surface area contributed by atoms with E-state index in [2.05, 4.69) is 10.3 Å². The van der Waals surface area contributed by atoms with Crippen LogP contribution < -0.4 is 10.9 Å². The van der Waals surface area contributed by atoms with Gasteiger partial charge in [0, 0.05) is 35.1 Å². The molecule has 0 unspecified atom stereocenters. The highest BCUT2D eigenvalue weighted by Crippen LogP contribution is 2.25. The molecule has 0 fully saturated rings. The molecule has 3 rings (SSSR count). The van der Waals surface area contributed by atoms with Crippen LogP contribution in [-0.4, -0.2) is 15.5 Å². The van der Waals surface area contributed by atoms with Crippen LogP contribution >= 0.6 is 22.7 Å². The van der Waals surface area contributed by atoms with E-state index < -0.39 is 0 Å². The zero-order chi connectivity index (χ0) is 15.5. The molecule has 0 spiro atoms. The van der Waals surface area contributed by atoms with Crippen molar-refractivity contribution >= 4 is 34.3 Å². The Kier molecular flexibility index (Phi) is 4.17. The van der Waals surface area contributed by atoms with Crippen LogP contribution in [0.1, 0.15) is 17.4 Å². The molecule has 112 valence electrons. The van der Waals surface area contributed by atoms with Crippen LogP contribution in [0.5, 0.6) is 0 Å². The van der Waals surface area contributed by atoms with E-state index in [-0.39, 0.29) is 11.5 Å². The summed E-state index contributed by atoms with van der Waals surface area (Å²) >= 11 is 3.03. The highest BCUT2D eigenvalue weighted by atomic mass is 32.1. The van der Waals surface area contributed by atoms with Gasteiger partial charge in [-0.05, 0) is 24.4 Å². The Bertz CT molecular complexity index is 850. The molecule has 0 saturated heterocycles. The van der Waals surface area contributed by atoms with E-state index in [0.717, 1.165) is 10.6 Å². The van der Waals surface area contributed by atoms with Crippen LogP contribution in [0, 0.1) is 0 Å². The van der Waals surface area contributed by atoms with Crippen molar-refractivity contribution < 1.29 is 4.79 Å². The minimum absolute atomic E-state index is 0.0890. The molecule has 3 aromatic heterocycles. The summed E-state index contributed by atoms with van der Waals surface area (Å²) in [5.41, 5.74) is 1.89. The van der Waals surface area contributed by atoms with Gasteiger partial charge in [0.05, 0.1) is 5.69 Å². The molecular formula is C15H13N3O2S2. The van der Waals surface area contributed by atoms with E-state index >= 15 is 0 Å². The van der Waals surface area contributed by atoms with E-state index in [1.807, 2.05) is 23.8 Å². The van der Waals surface area contributed by atoms with Crippen molar-refractivity contribution in [2.75, 3.05) is 5.32 Å². The summed E-state index contributed by atoms with van der Waals surface area (Å²) in [5, 5.41) is 9.30. The molecule has 0 aromatic carbocycles. The van der Waals surface area contributed by atoms with Gasteiger partial charge in [0.15, 0.2) is 0 Å². The molecule has 3 heterocycles. The summed E-state index contributed by atoms with van der Waals surface area (Å²) in [6, 6.07) is 5.01. The number of aromatic nitrogens is 2. The average molecular weight is 331 g/mol. The Morgan fingerprint density at radius 1 is 1.32 bits per heavy atom. The molecule has 0 aliphatic rings. The summed E-state index contributed by atoms with van der Waals surface area (Å²) in [6.07, 6.45) is 1.63. The second-order valence-corrected chi connectivity index (χ2v) is 6.18. The minimum Gasteiger partial charge on any atom is -0.319 e. The van der Waals surface area contributed by atoms with Crippen molar-refractivity contribution in [3.8, 4) is 10.6 Å². The highest BCUT2D eigenvalue weighted by Gasteiger charge is 2.12. The Hall–Kier alpha value is -2.25. The van der Waals surface area contributed by atoms with E-state index in [1.165, 1.54) is 22.0 Å². The predicted octanol–water partition coefficient (Wildman–Crippen LogP) is 3.31. The maximum Gasteiger partial charge on any atom is 0.275 e. The maximum absolute atomic E-state index is 12.2. The van der Waals surface area contributed by atoms with Crippen LogP contribution in [-0.2, 0) is 6.54 Å². The molecule has 0 aliphatic heterocycles. The maximum atomic E-state index is 12.2. The molecule has 0 aliphatic carbocycles. The normalized spacial score (nSPS) is 10.6. The zero-order valence-corrected chi connectivity index (χ0v) is 13.4. The number of pyridine rings is 1. The number of aryl methyl sites for hydroxylation is 1. The topological polar surface area (TPSA) is 64.0 Å². The highest BCUT2D eigenvalue weighted by molar-refractivity contribution is 7.14. The third-order valence-electron chi connectivity index (χ3n) is 3.09. The van der Waals surface area contributed by atoms with Crippen molar-refractivity contribution in [3.63, 3.8) is 0 Å². The summed E-state index contributed by atoms with van der Waals surface area (Å²) in [4.78, 5) is 28.1. The first kappa shape index (κ1) is 14.7. The lowest BCUT2D eigenvalue weighted by Gasteiger charge is -2.06. The average Bonchev–Trinajstić information content (AvgIpc) is 3.19. The number of amides is 1. The van der Waals surface area contributed by atoms with E-state index in [0.29, 0.717) is 17.9 Å². The van der Waals surface area contributed by atoms with Crippen molar-refractivity contribution in [3.05, 3.63) is 56.6 Å². The van der Waals surface area contributed by atoms with Crippen LogP contribution in [0.15, 0.2) is 45.3 Å². The standard InChI is InChI=1S/C15H13N3O2S2/c1-2-18-7-11(3-4-13(18)19)16-14(20)12-9-22-15(17-12)10-5-6-21-8-10/h3-9H,2H2,1H3,(H,16,20). The van der Waals surface area contributed by atoms with Gasteiger partial charge in [-0.2, -0.15) is 11.3 Å². The van der Waals surface area contributed by atoms with Crippen molar-refractivity contribution in [1.82, 2.24) is 9.55 Å². The van der Waals surface area contributed by atoms with Gasteiger partial charge in [0.25, 0.3) is 11.5 Å². The fraction of sp³-hybridized carbons (Fsp3) is 0.133.